The van der Waals surface area contributed by atoms with Crippen LogP contribution in [0.25, 0.3) is 12.2 Å². The first kappa shape index (κ1) is 15.3. The molecule has 98 valence electrons. The molecule has 0 N–H and O–H groups in total. The predicted octanol–water partition coefficient (Wildman–Crippen LogP) is -0.406. The maximum Gasteiger partial charge on any atom is 0.269 e. The van der Waals surface area contributed by atoms with E-state index in [0.29, 0.717) is 0 Å². The molecule has 1 heterocycles. The number of hydrogen-bond donors (Lipinski definition) is 0. The van der Waals surface area contributed by atoms with Gasteiger partial charge in [-0.2, -0.15) is 0 Å². The molecule has 0 radical (unpaired) electrons. The van der Waals surface area contributed by atoms with Gasteiger partial charge in [-0.05, 0) is 29.8 Å². The first-order valence-corrected chi connectivity index (χ1v) is 5.54. The molecule has 0 bridgehead atoms. The minimum atomic E-state index is -0.398. The summed E-state index contributed by atoms with van der Waals surface area (Å²) in [5.74, 6) is 0. The van der Waals surface area contributed by atoms with Gasteiger partial charge in [-0.3, -0.25) is 10.1 Å². The van der Waals surface area contributed by atoms with Crippen LogP contribution < -0.4 is 28.5 Å². The highest BCUT2D eigenvalue weighted by Gasteiger charge is 2.03. The van der Waals surface area contributed by atoms with Gasteiger partial charge in [0, 0.05) is 30.3 Å². The summed E-state index contributed by atoms with van der Waals surface area (Å²) in [4.78, 5) is 10.1. The molecule has 0 saturated heterocycles. The molecular formula is C14H13IN2O2. The average molecular weight is 368 g/mol. The van der Waals surface area contributed by atoms with Crippen molar-refractivity contribution in [3.8, 4) is 0 Å². The lowest BCUT2D eigenvalue weighted by molar-refractivity contribution is -0.673. The van der Waals surface area contributed by atoms with Crippen molar-refractivity contribution in [2.24, 2.45) is 7.05 Å². The Bertz CT molecular complexity index is 595. The van der Waals surface area contributed by atoms with Crippen LogP contribution in [0.2, 0.25) is 0 Å². The maximum atomic E-state index is 10.5. The zero-order valence-corrected chi connectivity index (χ0v) is 12.5. The lowest BCUT2D eigenvalue weighted by Gasteiger charge is -1.94. The lowest BCUT2D eigenvalue weighted by Crippen LogP contribution is -3.00. The molecule has 1 aromatic carbocycles. The van der Waals surface area contributed by atoms with Gasteiger partial charge in [-0.15, -0.1) is 0 Å². The van der Waals surface area contributed by atoms with Crippen LogP contribution >= 0.6 is 0 Å². The molecule has 19 heavy (non-hydrogen) atoms. The normalized spacial score (nSPS) is 10.2. The summed E-state index contributed by atoms with van der Waals surface area (Å²) in [6.45, 7) is 0. The quantitative estimate of drug-likeness (QED) is 0.320. The second-order valence-corrected chi connectivity index (χ2v) is 3.92. The monoisotopic (exact) mass is 368 g/mol. The number of nitro groups is 1. The van der Waals surface area contributed by atoms with Gasteiger partial charge in [0.05, 0.1) is 4.92 Å². The van der Waals surface area contributed by atoms with E-state index in [1.807, 2.05) is 48.2 Å². The summed E-state index contributed by atoms with van der Waals surface area (Å²) < 4.78 is 2.00. The second kappa shape index (κ2) is 6.98. The summed E-state index contributed by atoms with van der Waals surface area (Å²) in [5.41, 5.74) is 2.11. The minimum Gasteiger partial charge on any atom is -1.00 e. The van der Waals surface area contributed by atoms with Crippen molar-refractivity contribution in [3.05, 3.63) is 70.0 Å². The number of nitro benzene ring substituents is 1. The molecule has 4 nitrogen and oxygen atoms in total. The van der Waals surface area contributed by atoms with Gasteiger partial charge in [0.1, 0.15) is 7.05 Å². The highest BCUT2D eigenvalue weighted by atomic mass is 127. The van der Waals surface area contributed by atoms with Gasteiger partial charge in [-0.25, -0.2) is 4.57 Å². The van der Waals surface area contributed by atoms with Gasteiger partial charge in [0.2, 0.25) is 5.69 Å². The number of halogens is 1. The van der Waals surface area contributed by atoms with Gasteiger partial charge in [0.15, 0.2) is 6.20 Å². The van der Waals surface area contributed by atoms with Gasteiger partial charge >= 0.3 is 0 Å². The SMILES string of the molecule is C[n+]1ccccc1C=Cc1ccc([N+](=O)[O-])cc1.[I-]. The van der Waals surface area contributed by atoms with Crippen LogP contribution in [0, 0.1) is 10.1 Å². The van der Waals surface area contributed by atoms with E-state index in [1.165, 1.54) is 12.1 Å². The molecule has 0 amide bonds. The molecule has 0 aliphatic rings. The van der Waals surface area contributed by atoms with E-state index in [0.717, 1.165) is 11.3 Å². The van der Waals surface area contributed by atoms with Crippen LogP contribution in [0.4, 0.5) is 5.69 Å². The van der Waals surface area contributed by atoms with Crippen LogP contribution in [0.5, 0.6) is 0 Å². The third-order valence-electron chi connectivity index (χ3n) is 2.65. The number of non-ortho nitro benzene ring substituents is 1. The van der Waals surface area contributed by atoms with Crippen LogP contribution in [0.1, 0.15) is 11.3 Å². The predicted molar refractivity (Wildman–Crippen MR) is 69.6 cm³/mol. The Labute approximate surface area is 128 Å². The van der Waals surface area contributed by atoms with E-state index in [1.54, 1.807) is 12.1 Å². The van der Waals surface area contributed by atoms with Crippen LogP contribution in [-0.2, 0) is 7.05 Å². The van der Waals surface area contributed by atoms with Crippen molar-refractivity contribution >= 4 is 17.8 Å². The van der Waals surface area contributed by atoms with Gasteiger partial charge in [0.25, 0.3) is 5.69 Å². The molecule has 0 fully saturated rings. The first-order chi connectivity index (χ1) is 8.66. The Balaban J connectivity index is 0.00000180. The molecule has 0 unspecified atom stereocenters. The van der Waals surface area contributed by atoms with Gasteiger partial charge < -0.3 is 24.0 Å². The minimum absolute atomic E-state index is 0. The van der Waals surface area contributed by atoms with E-state index in [4.69, 9.17) is 0 Å². The summed E-state index contributed by atoms with van der Waals surface area (Å²) in [5, 5.41) is 10.5. The molecule has 5 heteroatoms. The molecular weight excluding hydrogens is 355 g/mol. The van der Waals surface area contributed by atoms with Crippen molar-refractivity contribution in [2.45, 2.75) is 0 Å². The van der Waals surface area contributed by atoms with E-state index >= 15 is 0 Å². The molecule has 0 atom stereocenters. The fourth-order valence-electron chi connectivity index (χ4n) is 1.60. The molecule has 0 saturated carbocycles. The van der Waals surface area contributed by atoms with Crippen LogP contribution in [0.3, 0.4) is 0 Å². The molecule has 0 aliphatic heterocycles. The Morgan fingerprint density at radius 3 is 2.37 bits per heavy atom. The molecule has 0 aliphatic carbocycles. The number of aryl methyl sites for hydroxylation is 1. The zero-order chi connectivity index (χ0) is 13.0. The Morgan fingerprint density at radius 1 is 1.11 bits per heavy atom. The fraction of sp³-hybridized carbons (Fsp3) is 0.0714. The van der Waals surface area contributed by atoms with Crippen molar-refractivity contribution in [1.82, 2.24) is 0 Å². The topological polar surface area (TPSA) is 47.0 Å². The lowest BCUT2D eigenvalue weighted by atomic mass is 10.2. The number of rotatable bonds is 3. The van der Waals surface area contributed by atoms with Crippen LogP contribution in [0.15, 0.2) is 48.7 Å². The first-order valence-electron chi connectivity index (χ1n) is 5.54. The maximum absolute atomic E-state index is 10.5. The Morgan fingerprint density at radius 2 is 1.79 bits per heavy atom. The van der Waals surface area contributed by atoms with E-state index in [2.05, 4.69) is 0 Å². The highest BCUT2D eigenvalue weighted by Crippen LogP contribution is 2.13. The van der Waals surface area contributed by atoms with Crippen molar-refractivity contribution in [1.29, 1.82) is 0 Å². The molecule has 1 aromatic heterocycles. The summed E-state index contributed by atoms with van der Waals surface area (Å²) in [7, 11) is 1.97. The number of nitrogens with zero attached hydrogens (tertiary/aromatic N) is 2. The third kappa shape index (κ3) is 4.13. The average Bonchev–Trinajstić information content (AvgIpc) is 2.38. The zero-order valence-electron chi connectivity index (χ0n) is 10.4. The van der Waals surface area contributed by atoms with Crippen molar-refractivity contribution in [3.63, 3.8) is 0 Å². The molecule has 2 aromatic rings. The van der Waals surface area contributed by atoms with E-state index < -0.39 is 4.92 Å². The Hall–Kier alpha value is -1.76. The second-order valence-electron chi connectivity index (χ2n) is 3.92. The fourth-order valence-corrected chi connectivity index (χ4v) is 1.60. The largest absolute Gasteiger partial charge is 1.00 e. The number of aromatic nitrogens is 1. The number of pyridine rings is 1. The van der Waals surface area contributed by atoms with Crippen molar-refractivity contribution < 1.29 is 33.5 Å². The number of benzene rings is 1. The highest BCUT2D eigenvalue weighted by molar-refractivity contribution is 5.67. The number of hydrogen-bond acceptors (Lipinski definition) is 2. The summed E-state index contributed by atoms with van der Waals surface area (Å²) in [6, 6.07) is 12.4. The van der Waals surface area contributed by atoms with Gasteiger partial charge in [-0.1, -0.05) is 0 Å². The van der Waals surface area contributed by atoms with Crippen LogP contribution in [-0.4, -0.2) is 4.92 Å². The molecule has 0 spiro atoms. The van der Waals surface area contributed by atoms with E-state index in [-0.39, 0.29) is 29.7 Å². The van der Waals surface area contributed by atoms with Crippen molar-refractivity contribution in [2.75, 3.05) is 0 Å². The smallest absolute Gasteiger partial charge is 0.269 e. The Kier molecular flexibility index (Phi) is 5.62. The molecule has 2 rings (SSSR count). The standard InChI is InChI=1S/C14H13N2O2.HI/c1-15-11-3-2-4-13(15)8-5-12-6-9-14(10-7-12)16(17)18;/h2-11H,1H3;1H/q+1;/p-1. The summed E-state index contributed by atoms with van der Waals surface area (Å²) in [6.07, 6.45) is 5.87. The van der Waals surface area contributed by atoms with E-state index in [9.17, 15) is 10.1 Å². The third-order valence-corrected chi connectivity index (χ3v) is 2.65. The summed E-state index contributed by atoms with van der Waals surface area (Å²) >= 11 is 0.